The van der Waals surface area contributed by atoms with E-state index >= 15 is 0 Å². The van der Waals surface area contributed by atoms with Gasteiger partial charge in [0.05, 0.1) is 43.7 Å². The van der Waals surface area contributed by atoms with Crippen molar-refractivity contribution < 1.29 is 28.3 Å². The molecule has 3 rings (SSSR count). The number of hydrogen-bond donors (Lipinski definition) is 1. The predicted molar refractivity (Wildman–Crippen MR) is 102 cm³/mol. The summed E-state index contributed by atoms with van der Waals surface area (Å²) in [6, 6.07) is 9.95. The summed E-state index contributed by atoms with van der Waals surface area (Å²) in [5.41, 5.74) is 2.98. The largest absolute Gasteiger partial charge is 0.465 e. The van der Waals surface area contributed by atoms with E-state index in [-0.39, 0.29) is 29.1 Å². The van der Waals surface area contributed by atoms with Crippen LogP contribution in [0.15, 0.2) is 47.1 Å². The van der Waals surface area contributed by atoms with Gasteiger partial charge in [-0.25, -0.2) is 9.59 Å². The number of hydrogen-bond acceptors (Lipinski definition) is 6. The Hall–Kier alpha value is -3.61. The first-order chi connectivity index (χ1) is 13.4. The summed E-state index contributed by atoms with van der Waals surface area (Å²) < 4.78 is 14.9. The van der Waals surface area contributed by atoms with Gasteiger partial charge in [-0.3, -0.25) is 4.79 Å². The van der Waals surface area contributed by atoms with Gasteiger partial charge in [-0.05, 0) is 36.8 Å². The Morgan fingerprint density at radius 3 is 2.46 bits per heavy atom. The van der Waals surface area contributed by atoms with Crippen LogP contribution in [-0.4, -0.2) is 32.1 Å². The number of furan rings is 1. The Bertz CT molecular complexity index is 1070. The molecule has 0 fully saturated rings. The van der Waals surface area contributed by atoms with Crippen molar-refractivity contribution >= 4 is 34.5 Å². The number of carbonyl (C=O) groups excluding carboxylic acids is 3. The molecule has 1 heterocycles. The van der Waals surface area contributed by atoms with Gasteiger partial charge in [-0.15, -0.1) is 0 Å². The Labute approximate surface area is 161 Å². The lowest BCUT2D eigenvalue weighted by molar-refractivity contribution is -0.115. The van der Waals surface area contributed by atoms with Crippen molar-refractivity contribution in [1.29, 1.82) is 0 Å². The number of benzene rings is 2. The van der Waals surface area contributed by atoms with Gasteiger partial charge in [0.1, 0.15) is 5.58 Å². The molecule has 3 aromatic rings. The summed E-state index contributed by atoms with van der Waals surface area (Å²) in [5.74, 6) is -1.57. The molecular formula is C21H19NO6. The van der Waals surface area contributed by atoms with Gasteiger partial charge in [0.15, 0.2) is 0 Å². The smallest absolute Gasteiger partial charge is 0.339 e. The maximum atomic E-state index is 12.6. The molecule has 144 valence electrons. The van der Waals surface area contributed by atoms with Crippen molar-refractivity contribution in [3.63, 3.8) is 0 Å². The zero-order chi connectivity index (χ0) is 20.3. The molecule has 0 aliphatic heterocycles. The third-order valence-corrected chi connectivity index (χ3v) is 4.28. The second kappa shape index (κ2) is 7.96. The minimum Gasteiger partial charge on any atom is -0.465 e. The molecule has 0 saturated heterocycles. The van der Waals surface area contributed by atoms with Crippen LogP contribution in [0.5, 0.6) is 0 Å². The molecule has 28 heavy (non-hydrogen) atoms. The van der Waals surface area contributed by atoms with E-state index in [2.05, 4.69) is 10.1 Å². The van der Waals surface area contributed by atoms with E-state index in [0.29, 0.717) is 5.58 Å². The molecular weight excluding hydrogens is 362 g/mol. The number of methoxy groups -OCH3 is 2. The number of anilines is 1. The number of ether oxygens (including phenoxy) is 2. The monoisotopic (exact) mass is 381 g/mol. The van der Waals surface area contributed by atoms with Crippen molar-refractivity contribution in [1.82, 2.24) is 0 Å². The molecule has 1 N–H and O–H groups in total. The number of esters is 2. The molecule has 0 atom stereocenters. The zero-order valence-corrected chi connectivity index (χ0v) is 15.7. The fraction of sp³-hybridized carbons (Fsp3) is 0.190. The highest BCUT2D eigenvalue weighted by molar-refractivity contribution is 6.04. The number of nitrogens with one attached hydrogen (secondary N) is 1. The molecule has 1 amide bonds. The second-order valence-corrected chi connectivity index (χ2v) is 6.23. The molecule has 0 saturated carbocycles. The van der Waals surface area contributed by atoms with E-state index in [1.807, 2.05) is 25.1 Å². The molecule has 1 aromatic heterocycles. The first-order valence-electron chi connectivity index (χ1n) is 8.50. The molecule has 0 aliphatic carbocycles. The third kappa shape index (κ3) is 3.88. The third-order valence-electron chi connectivity index (χ3n) is 4.28. The Kier molecular flexibility index (Phi) is 5.44. The van der Waals surface area contributed by atoms with Crippen LogP contribution in [0, 0.1) is 6.92 Å². The fourth-order valence-electron chi connectivity index (χ4n) is 2.88. The minimum absolute atomic E-state index is 0.0408. The number of fused-ring (bicyclic) bond motifs is 1. The number of carbonyl (C=O) groups is 3. The van der Waals surface area contributed by atoms with Crippen LogP contribution in [-0.2, 0) is 20.7 Å². The van der Waals surface area contributed by atoms with Crippen LogP contribution in [0.25, 0.3) is 11.0 Å². The Morgan fingerprint density at radius 1 is 1.00 bits per heavy atom. The van der Waals surface area contributed by atoms with Crippen LogP contribution in [0.3, 0.4) is 0 Å². The van der Waals surface area contributed by atoms with Crippen molar-refractivity contribution in [2.24, 2.45) is 0 Å². The lowest BCUT2D eigenvalue weighted by Crippen LogP contribution is -2.18. The summed E-state index contributed by atoms with van der Waals surface area (Å²) in [6.45, 7) is 1.96. The minimum atomic E-state index is -0.629. The number of rotatable bonds is 5. The summed E-state index contributed by atoms with van der Waals surface area (Å²) in [4.78, 5) is 36.3. The highest BCUT2D eigenvalue weighted by atomic mass is 16.5. The summed E-state index contributed by atoms with van der Waals surface area (Å²) in [7, 11) is 2.49. The summed E-state index contributed by atoms with van der Waals surface area (Å²) in [5, 5.41) is 3.51. The SMILES string of the molecule is COC(=O)c1ccc(C(=O)OC)c(NC(=O)Cc2coc3cc(C)ccc23)c1. The fourth-order valence-corrected chi connectivity index (χ4v) is 2.88. The van der Waals surface area contributed by atoms with Gasteiger partial charge in [0.25, 0.3) is 0 Å². The van der Waals surface area contributed by atoms with Crippen molar-refractivity contribution in [2.75, 3.05) is 19.5 Å². The van der Waals surface area contributed by atoms with Crippen LogP contribution in [0.4, 0.5) is 5.69 Å². The second-order valence-electron chi connectivity index (χ2n) is 6.23. The quantitative estimate of drug-likeness (QED) is 0.680. The molecule has 0 bridgehead atoms. The van der Waals surface area contributed by atoms with Crippen LogP contribution in [0.1, 0.15) is 31.8 Å². The lowest BCUT2D eigenvalue weighted by Gasteiger charge is -2.11. The molecule has 0 spiro atoms. The van der Waals surface area contributed by atoms with E-state index < -0.39 is 11.9 Å². The number of amides is 1. The van der Waals surface area contributed by atoms with E-state index in [9.17, 15) is 14.4 Å². The molecule has 0 unspecified atom stereocenters. The zero-order valence-electron chi connectivity index (χ0n) is 15.7. The molecule has 0 radical (unpaired) electrons. The highest BCUT2D eigenvalue weighted by Crippen LogP contribution is 2.24. The van der Waals surface area contributed by atoms with Gasteiger partial charge in [-0.2, -0.15) is 0 Å². The maximum absolute atomic E-state index is 12.6. The van der Waals surface area contributed by atoms with Gasteiger partial charge >= 0.3 is 11.9 Å². The first kappa shape index (κ1) is 19.2. The van der Waals surface area contributed by atoms with Gasteiger partial charge < -0.3 is 19.2 Å². The molecule has 7 nitrogen and oxygen atoms in total. The lowest BCUT2D eigenvalue weighted by atomic mass is 10.1. The Balaban J connectivity index is 1.87. The van der Waals surface area contributed by atoms with Crippen LogP contribution >= 0.6 is 0 Å². The topological polar surface area (TPSA) is 94.8 Å². The van der Waals surface area contributed by atoms with E-state index in [1.54, 1.807) is 0 Å². The summed E-state index contributed by atoms with van der Waals surface area (Å²) in [6.07, 6.45) is 1.58. The maximum Gasteiger partial charge on any atom is 0.339 e. The molecule has 0 aliphatic rings. The van der Waals surface area contributed by atoms with E-state index in [4.69, 9.17) is 9.15 Å². The van der Waals surface area contributed by atoms with Crippen LogP contribution < -0.4 is 5.32 Å². The first-order valence-corrected chi connectivity index (χ1v) is 8.50. The highest BCUT2D eigenvalue weighted by Gasteiger charge is 2.18. The van der Waals surface area contributed by atoms with E-state index in [0.717, 1.165) is 16.5 Å². The molecule has 7 heteroatoms. The van der Waals surface area contributed by atoms with Crippen molar-refractivity contribution in [3.8, 4) is 0 Å². The van der Waals surface area contributed by atoms with Gasteiger partial charge in [0, 0.05) is 10.9 Å². The average Bonchev–Trinajstić information content (AvgIpc) is 3.08. The Morgan fingerprint density at radius 2 is 1.75 bits per heavy atom. The average molecular weight is 381 g/mol. The normalized spacial score (nSPS) is 10.5. The number of aryl methyl sites for hydroxylation is 1. The predicted octanol–water partition coefficient (Wildman–Crippen LogP) is 3.50. The standard InChI is InChI=1S/C21H19NO6/c1-12-4-6-15-14(11-28-18(15)8-12)10-19(23)22-17-9-13(20(24)26-2)5-7-16(17)21(25)27-3/h4-9,11H,10H2,1-3H3,(H,22,23). The van der Waals surface area contributed by atoms with Crippen molar-refractivity contribution in [2.45, 2.75) is 13.3 Å². The van der Waals surface area contributed by atoms with Crippen LogP contribution in [0.2, 0.25) is 0 Å². The molecule has 2 aromatic carbocycles. The van der Waals surface area contributed by atoms with Gasteiger partial charge in [-0.1, -0.05) is 12.1 Å². The summed E-state index contributed by atoms with van der Waals surface area (Å²) >= 11 is 0. The van der Waals surface area contributed by atoms with Gasteiger partial charge in [0.2, 0.25) is 5.91 Å². The van der Waals surface area contributed by atoms with E-state index in [1.165, 1.54) is 38.7 Å². The van der Waals surface area contributed by atoms with Crippen molar-refractivity contribution in [3.05, 3.63) is 64.9 Å².